The number of benzene rings is 10. The van der Waals surface area contributed by atoms with Crippen LogP contribution in [0.15, 0.2) is 218 Å². The molecule has 0 aliphatic heterocycles. The SMILES string of the molecule is N#Cc1ccc(-c2nc(-c3ccccc3-c3ccccc3)nc(-c3ccc(-c4c5ccccc5c(-c5ccc(-c6ccccc6)cc5)c5ccccc45)c4ccccc34)n2)cc1. The monoisotopic (exact) mass is 788 g/mol. The molecule has 0 amide bonds. The molecule has 4 nitrogen and oxygen atoms in total. The van der Waals surface area contributed by atoms with Crippen LogP contribution in [0.25, 0.3) is 111 Å². The summed E-state index contributed by atoms with van der Waals surface area (Å²) < 4.78 is 0. The van der Waals surface area contributed by atoms with Gasteiger partial charge in [0.15, 0.2) is 17.5 Å². The molecule has 11 rings (SSSR count). The van der Waals surface area contributed by atoms with E-state index in [1.165, 1.54) is 49.4 Å². The quantitative estimate of drug-likeness (QED) is 0.151. The van der Waals surface area contributed by atoms with E-state index in [1.807, 2.05) is 42.5 Å². The lowest BCUT2D eigenvalue weighted by Gasteiger charge is -2.20. The molecule has 0 unspecified atom stereocenters. The fourth-order valence-electron chi connectivity index (χ4n) is 8.89. The Hall–Kier alpha value is -8.52. The predicted octanol–water partition coefficient (Wildman–Crippen LogP) is 14.9. The number of rotatable bonds is 7. The lowest BCUT2D eigenvalue weighted by atomic mass is 9.84. The van der Waals surface area contributed by atoms with E-state index in [9.17, 15) is 5.26 Å². The van der Waals surface area contributed by atoms with Gasteiger partial charge in [0.2, 0.25) is 0 Å². The molecule has 4 heteroatoms. The Bertz CT molecular complexity index is 3440. The van der Waals surface area contributed by atoms with Crippen molar-refractivity contribution in [2.45, 2.75) is 0 Å². The molecule has 1 aromatic heterocycles. The summed E-state index contributed by atoms with van der Waals surface area (Å²) in [6.07, 6.45) is 0. The summed E-state index contributed by atoms with van der Waals surface area (Å²) in [6.45, 7) is 0. The van der Waals surface area contributed by atoms with E-state index in [4.69, 9.17) is 15.0 Å². The number of aromatic nitrogens is 3. The number of nitriles is 1. The number of nitrogens with zero attached hydrogens (tertiary/aromatic N) is 4. The Kier molecular flexibility index (Phi) is 9.19. The van der Waals surface area contributed by atoms with Gasteiger partial charge in [0.05, 0.1) is 11.6 Å². The number of hydrogen-bond donors (Lipinski definition) is 0. The van der Waals surface area contributed by atoms with Crippen LogP contribution in [0.4, 0.5) is 0 Å². The molecule has 0 radical (unpaired) electrons. The van der Waals surface area contributed by atoms with Crippen LogP contribution in [0.5, 0.6) is 0 Å². The molecule has 11 aromatic rings. The molecule has 0 aliphatic carbocycles. The van der Waals surface area contributed by atoms with Gasteiger partial charge in [-0.2, -0.15) is 5.26 Å². The van der Waals surface area contributed by atoms with Gasteiger partial charge in [-0.15, -0.1) is 0 Å². The van der Waals surface area contributed by atoms with Gasteiger partial charge < -0.3 is 0 Å². The van der Waals surface area contributed by atoms with Gasteiger partial charge in [-0.25, -0.2) is 15.0 Å². The van der Waals surface area contributed by atoms with Crippen LogP contribution in [0.1, 0.15) is 5.56 Å². The molecule has 0 N–H and O–H groups in total. The molecular weight excluding hydrogens is 753 g/mol. The average Bonchev–Trinajstić information content (AvgIpc) is 3.36. The summed E-state index contributed by atoms with van der Waals surface area (Å²) in [5, 5.41) is 16.5. The first kappa shape index (κ1) is 36.6. The van der Waals surface area contributed by atoms with Gasteiger partial charge >= 0.3 is 0 Å². The van der Waals surface area contributed by atoms with Crippen molar-refractivity contribution in [1.29, 1.82) is 5.26 Å². The van der Waals surface area contributed by atoms with E-state index in [1.54, 1.807) is 12.1 Å². The molecule has 10 aromatic carbocycles. The minimum Gasteiger partial charge on any atom is -0.208 e. The summed E-state index contributed by atoms with van der Waals surface area (Å²) in [5.74, 6) is 1.69. The van der Waals surface area contributed by atoms with E-state index in [0.29, 0.717) is 23.0 Å². The first-order chi connectivity index (χ1) is 30.7. The Morgan fingerprint density at radius 1 is 0.258 bits per heavy atom. The minimum absolute atomic E-state index is 0.537. The van der Waals surface area contributed by atoms with Crippen LogP contribution in [-0.4, -0.2) is 15.0 Å². The van der Waals surface area contributed by atoms with E-state index < -0.39 is 0 Å². The van der Waals surface area contributed by atoms with Crippen LogP contribution in [-0.2, 0) is 0 Å². The highest BCUT2D eigenvalue weighted by molar-refractivity contribution is 6.24. The summed E-state index contributed by atoms with van der Waals surface area (Å²) in [7, 11) is 0. The summed E-state index contributed by atoms with van der Waals surface area (Å²) in [4.78, 5) is 15.5. The van der Waals surface area contributed by atoms with Crippen LogP contribution in [0.2, 0.25) is 0 Å². The van der Waals surface area contributed by atoms with Crippen molar-refractivity contribution < 1.29 is 0 Å². The highest BCUT2D eigenvalue weighted by Gasteiger charge is 2.21. The second-order valence-corrected chi connectivity index (χ2v) is 15.4. The molecule has 0 bridgehead atoms. The molecule has 0 fully saturated rings. The molecule has 0 aliphatic rings. The maximum Gasteiger partial charge on any atom is 0.164 e. The standard InChI is InChI=1S/C58H36N4/c59-37-38-27-29-43(30-28-38)56-60-57(52-26-14-7-19-44(52)41-17-5-2-6-18-41)62-58(61-56)53-36-35-51(45-20-8-9-21-46(45)53)55-49-24-12-10-22-47(49)54(48-23-11-13-25-50(48)55)42-33-31-40(32-34-42)39-15-3-1-4-16-39/h1-36H. The van der Waals surface area contributed by atoms with Crippen molar-refractivity contribution in [3.63, 3.8) is 0 Å². The van der Waals surface area contributed by atoms with Crippen LogP contribution in [0.3, 0.4) is 0 Å². The third kappa shape index (κ3) is 6.46. The zero-order valence-electron chi connectivity index (χ0n) is 33.6. The molecule has 288 valence electrons. The molecule has 0 atom stereocenters. The van der Waals surface area contributed by atoms with E-state index in [2.05, 4.69) is 170 Å². The average molecular weight is 789 g/mol. The van der Waals surface area contributed by atoms with Crippen molar-refractivity contribution in [2.24, 2.45) is 0 Å². The lowest BCUT2D eigenvalue weighted by molar-refractivity contribution is 1.08. The summed E-state index contributed by atoms with van der Waals surface area (Å²) >= 11 is 0. The van der Waals surface area contributed by atoms with Gasteiger partial charge in [0.25, 0.3) is 0 Å². The zero-order chi connectivity index (χ0) is 41.4. The Morgan fingerprint density at radius 2 is 0.661 bits per heavy atom. The second-order valence-electron chi connectivity index (χ2n) is 15.4. The Labute approximate surface area is 359 Å². The first-order valence-electron chi connectivity index (χ1n) is 20.7. The van der Waals surface area contributed by atoms with Gasteiger partial charge in [0, 0.05) is 16.7 Å². The third-order valence-corrected chi connectivity index (χ3v) is 11.8. The molecule has 0 saturated heterocycles. The maximum atomic E-state index is 9.57. The molecule has 62 heavy (non-hydrogen) atoms. The lowest BCUT2D eigenvalue weighted by Crippen LogP contribution is -2.02. The topological polar surface area (TPSA) is 62.5 Å². The van der Waals surface area contributed by atoms with Crippen molar-refractivity contribution in [3.05, 3.63) is 224 Å². The normalized spacial score (nSPS) is 11.2. The number of fused-ring (bicyclic) bond motifs is 3. The maximum absolute atomic E-state index is 9.57. The van der Waals surface area contributed by atoms with E-state index in [-0.39, 0.29) is 0 Å². The highest BCUT2D eigenvalue weighted by atomic mass is 15.0. The van der Waals surface area contributed by atoms with Gasteiger partial charge in [-0.05, 0) is 107 Å². The second kappa shape index (κ2) is 15.6. The molecule has 0 saturated carbocycles. The molecular formula is C58H36N4. The summed E-state index contributed by atoms with van der Waals surface area (Å²) in [5.41, 5.74) is 12.4. The molecule has 0 spiro atoms. The fraction of sp³-hybridized carbons (Fsp3) is 0. The van der Waals surface area contributed by atoms with Crippen LogP contribution in [0, 0.1) is 11.3 Å². The first-order valence-corrected chi connectivity index (χ1v) is 20.7. The van der Waals surface area contributed by atoms with Crippen LogP contribution < -0.4 is 0 Å². The van der Waals surface area contributed by atoms with Gasteiger partial charge in [0.1, 0.15) is 0 Å². The number of hydrogen-bond acceptors (Lipinski definition) is 4. The highest BCUT2D eigenvalue weighted by Crippen LogP contribution is 2.46. The van der Waals surface area contributed by atoms with Gasteiger partial charge in [-0.3, -0.25) is 0 Å². The Balaban J connectivity index is 1.12. The van der Waals surface area contributed by atoms with E-state index in [0.717, 1.165) is 44.2 Å². The van der Waals surface area contributed by atoms with Crippen LogP contribution >= 0.6 is 0 Å². The van der Waals surface area contributed by atoms with Crippen molar-refractivity contribution in [1.82, 2.24) is 15.0 Å². The van der Waals surface area contributed by atoms with Crippen molar-refractivity contribution >= 4 is 32.3 Å². The fourth-order valence-corrected chi connectivity index (χ4v) is 8.89. The third-order valence-electron chi connectivity index (χ3n) is 11.8. The van der Waals surface area contributed by atoms with Gasteiger partial charge in [-0.1, -0.05) is 188 Å². The summed E-state index contributed by atoms with van der Waals surface area (Å²) in [6, 6.07) is 78.3. The molecule has 1 heterocycles. The van der Waals surface area contributed by atoms with Crippen molar-refractivity contribution in [2.75, 3.05) is 0 Å². The smallest absolute Gasteiger partial charge is 0.164 e. The predicted molar refractivity (Wildman–Crippen MR) is 255 cm³/mol. The van der Waals surface area contributed by atoms with E-state index >= 15 is 0 Å². The van der Waals surface area contributed by atoms with Crippen molar-refractivity contribution in [3.8, 4) is 84.7 Å². The Morgan fingerprint density at radius 3 is 1.26 bits per heavy atom. The minimum atomic E-state index is 0.537. The largest absolute Gasteiger partial charge is 0.208 e. The zero-order valence-corrected chi connectivity index (χ0v) is 33.6.